The third-order valence-electron chi connectivity index (χ3n) is 1.88. The molecule has 0 fully saturated rings. The molecule has 0 atom stereocenters. The van der Waals surface area contributed by atoms with E-state index in [4.69, 9.17) is 0 Å². The van der Waals surface area contributed by atoms with E-state index in [-0.39, 0.29) is 0 Å². The van der Waals surface area contributed by atoms with E-state index in [0.29, 0.717) is 0 Å². The molecule has 1 heteroatoms. The van der Waals surface area contributed by atoms with E-state index >= 15 is 0 Å². The third-order valence-corrected chi connectivity index (χ3v) is 1.88. The summed E-state index contributed by atoms with van der Waals surface area (Å²) in [6, 6.07) is 8.55. The molecule has 0 amide bonds. The summed E-state index contributed by atoms with van der Waals surface area (Å²) in [5.74, 6) is 0. The molecule has 0 saturated carbocycles. The van der Waals surface area contributed by atoms with Crippen molar-refractivity contribution in [1.29, 1.82) is 0 Å². The van der Waals surface area contributed by atoms with Crippen molar-refractivity contribution >= 4 is 0 Å². The standard InChI is InChI=1S/C9H10N/c1-2-4-9-7-10-6-5-8(9)3-1/h1-4,6,10H,5,7H2. The normalized spacial score (nSPS) is 16.4. The SMILES string of the molecule is [CH]1Cc2ccccc2CN1. The monoisotopic (exact) mass is 132 g/mol. The third kappa shape index (κ3) is 0.929. The van der Waals surface area contributed by atoms with Crippen LogP contribution in [0, 0.1) is 6.54 Å². The van der Waals surface area contributed by atoms with E-state index in [2.05, 4.69) is 36.1 Å². The van der Waals surface area contributed by atoms with E-state index in [1.54, 1.807) is 0 Å². The van der Waals surface area contributed by atoms with E-state index in [9.17, 15) is 0 Å². The maximum Gasteiger partial charge on any atom is 0.0268 e. The van der Waals surface area contributed by atoms with Crippen molar-refractivity contribution in [1.82, 2.24) is 5.32 Å². The first kappa shape index (κ1) is 5.93. The molecular weight excluding hydrogens is 122 g/mol. The van der Waals surface area contributed by atoms with Crippen molar-refractivity contribution in [3.05, 3.63) is 41.9 Å². The summed E-state index contributed by atoms with van der Waals surface area (Å²) in [4.78, 5) is 0. The van der Waals surface area contributed by atoms with E-state index in [1.807, 2.05) is 0 Å². The highest BCUT2D eigenvalue weighted by atomic mass is 14.9. The van der Waals surface area contributed by atoms with Crippen molar-refractivity contribution < 1.29 is 0 Å². The Labute approximate surface area is 61.1 Å². The largest absolute Gasteiger partial charge is 0.308 e. The molecule has 1 aromatic carbocycles. The Morgan fingerprint density at radius 2 is 1.90 bits per heavy atom. The van der Waals surface area contributed by atoms with Crippen LogP contribution >= 0.6 is 0 Å². The number of rotatable bonds is 0. The van der Waals surface area contributed by atoms with Crippen LogP contribution in [-0.4, -0.2) is 0 Å². The van der Waals surface area contributed by atoms with Gasteiger partial charge in [0.2, 0.25) is 0 Å². The molecule has 1 aromatic rings. The first-order valence-electron chi connectivity index (χ1n) is 3.58. The summed E-state index contributed by atoms with van der Waals surface area (Å²) < 4.78 is 0. The molecule has 0 aromatic heterocycles. The second kappa shape index (κ2) is 2.43. The summed E-state index contributed by atoms with van der Waals surface area (Å²) in [7, 11) is 0. The second-order valence-corrected chi connectivity index (χ2v) is 2.56. The maximum atomic E-state index is 3.22. The van der Waals surface area contributed by atoms with Crippen LogP contribution in [0.4, 0.5) is 0 Å². The summed E-state index contributed by atoms with van der Waals surface area (Å²) in [5.41, 5.74) is 2.89. The molecular formula is C9H10N. The van der Waals surface area contributed by atoms with Gasteiger partial charge in [0.1, 0.15) is 0 Å². The fourth-order valence-corrected chi connectivity index (χ4v) is 1.29. The average Bonchev–Trinajstić information content (AvgIpc) is 2.05. The van der Waals surface area contributed by atoms with Gasteiger partial charge in [-0.3, -0.25) is 0 Å². The summed E-state index contributed by atoms with van der Waals surface area (Å²) in [6.07, 6.45) is 1.07. The zero-order valence-electron chi connectivity index (χ0n) is 5.80. The molecule has 0 bridgehead atoms. The Kier molecular flexibility index (Phi) is 1.44. The molecule has 1 heterocycles. The molecule has 1 nitrogen and oxygen atoms in total. The lowest BCUT2D eigenvalue weighted by atomic mass is 10.0. The van der Waals surface area contributed by atoms with Crippen LogP contribution in [-0.2, 0) is 13.0 Å². The van der Waals surface area contributed by atoms with Crippen molar-refractivity contribution in [3.8, 4) is 0 Å². The van der Waals surface area contributed by atoms with Crippen LogP contribution in [0.2, 0.25) is 0 Å². The van der Waals surface area contributed by atoms with E-state index < -0.39 is 0 Å². The quantitative estimate of drug-likeness (QED) is 0.564. The molecule has 1 radical (unpaired) electrons. The second-order valence-electron chi connectivity index (χ2n) is 2.56. The highest BCUT2D eigenvalue weighted by Gasteiger charge is 2.05. The Bertz CT molecular complexity index is 205. The van der Waals surface area contributed by atoms with E-state index in [0.717, 1.165) is 13.0 Å². The summed E-state index contributed by atoms with van der Waals surface area (Å²) in [6.45, 7) is 3.11. The van der Waals surface area contributed by atoms with Crippen LogP contribution in [0.25, 0.3) is 0 Å². The van der Waals surface area contributed by atoms with Gasteiger partial charge in [-0.2, -0.15) is 0 Å². The molecule has 0 saturated heterocycles. The van der Waals surface area contributed by atoms with Gasteiger partial charge in [-0.25, -0.2) is 0 Å². The zero-order chi connectivity index (χ0) is 6.81. The topological polar surface area (TPSA) is 12.0 Å². The average molecular weight is 132 g/mol. The highest BCUT2D eigenvalue weighted by molar-refractivity contribution is 5.30. The van der Waals surface area contributed by atoms with Gasteiger partial charge >= 0.3 is 0 Å². The lowest BCUT2D eigenvalue weighted by molar-refractivity contribution is 0.726. The Morgan fingerprint density at radius 3 is 2.70 bits per heavy atom. The van der Waals surface area contributed by atoms with Crippen molar-refractivity contribution in [3.63, 3.8) is 0 Å². The minimum Gasteiger partial charge on any atom is -0.308 e. The first-order chi connectivity index (χ1) is 4.97. The molecule has 0 unspecified atom stereocenters. The van der Waals surface area contributed by atoms with Gasteiger partial charge in [-0.1, -0.05) is 24.3 Å². The predicted molar refractivity (Wildman–Crippen MR) is 41.3 cm³/mol. The number of hydrogen-bond acceptors (Lipinski definition) is 1. The van der Waals surface area contributed by atoms with Gasteiger partial charge in [0.25, 0.3) is 0 Å². The summed E-state index contributed by atoms with van der Waals surface area (Å²) >= 11 is 0. The van der Waals surface area contributed by atoms with Crippen LogP contribution in [0.1, 0.15) is 11.1 Å². The number of hydrogen-bond donors (Lipinski definition) is 1. The van der Waals surface area contributed by atoms with Gasteiger partial charge in [0.15, 0.2) is 0 Å². The van der Waals surface area contributed by atoms with Gasteiger partial charge in [0, 0.05) is 13.1 Å². The molecule has 2 rings (SSSR count). The molecule has 1 aliphatic heterocycles. The van der Waals surface area contributed by atoms with Gasteiger partial charge < -0.3 is 5.32 Å². The van der Waals surface area contributed by atoms with Crippen molar-refractivity contribution in [2.75, 3.05) is 0 Å². The smallest absolute Gasteiger partial charge is 0.0268 e. The predicted octanol–water partition coefficient (Wildman–Crippen LogP) is 1.49. The van der Waals surface area contributed by atoms with Crippen LogP contribution in [0.15, 0.2) is 24.3 Å². The molecule has 1 aliphatic rings. The first-order valence-corrected chi connectivity index (χ1v) is 3.58. The maximum absolute atomic E-state index is 3.22. The lowest BCUT2D eigenvalue weighted by Gasteiger charge is -2.15. The highest BCUT2D eigenvalue weighted by Crippen LogP contribution is 2.13. The zero-order valence-corrected chi connectivity index (χ0v) is 5.80. The lowest BCUT2D eigenvalue weighted by Crippen LogP contribution is -2.18. The Hall–Kier alpha value is -0.820. The Balaban J connectivity index is 2.41. The Morgan fingerprint density at radius 1 is 1.10 bits per heavy atom. The van der Waals surface area contributed by atoms with Crippen molar-refractivity contribution in [2.45, 2.75) is 13.0 Å². The molecule has 10 heavy (non-hydrogen) atoms. The van der Waals surface area contributed by atoms with Gasteiger partial charge in [-0.05, 0) is 17.5 Å². The number of nitrogens with one attached hydrogen (secondary N) is 1. The minimum atomic E-state index is 0.996. The van der Waals surface area contributed by atoms with Gasteiger partial charge in [0.05, 0.1) is 0 Å². The molecule has 1 N–H and O–H groups in total. The van der Waals surface area contributed by atoms with Crippen LogP contribution in [0.5, 0.6) is 0 Å². The van der Waals surface area contributed by atoms with Gasteiger partial charge in [-0.15, -0.1) is 0 Å². The fraction of sp³-hybridized carbons (Fsp3) is 0.222. The van der Waals surface area contributed by atoms with Crippen molar-refractivity contribution in [2.24, 2.45) is 0 Å². The summed E-state index contributed by atoms with van der Waals surface area (Å²) in [5, 5.41) is 3.22. The minimum absolute atomic E-state index is 0.996. The molecule has 51 valence electrons. The number of fused-ring (bicyclic) bond motifs is 1. The van der Waals surface area contributed by atoms with Crippen LogP contribution < -0.4 is 5.32 Å². The fourth-order valence-electron chi connectivity index (χ4n) is 1.29. The van der Waals surface area contributed by atoms with E-state index in [1.165, 1.54) is 11.1 Å². The number of benzene rings is 1. The molecule has 0 spiro atoms. The molecule has 0 aliphatic carbocycles. The van der Waals surface area contributed by atoms with Crippen LogP contribution in [0.3, 0.4) is 0 Å².